The Morgan fingerprint density at radius 1 is 1.40 bits per heavy atom. The van der Waals surface area contributed by atoms with E-state index in [1.807, 2.05) is 0 Å². The van der Waals surface area contributed by atoms with E-state index in [0.29, 0.717) is 6.54 Å². The highest BCUT2D eigenvalue weighted by atomic mass is 32.2. The monoisotopic (exact) mass is 306 g/mol. The second kappa shape index (κ2) is 7.03. The lowest BCUT2D eigenvalue weighted by molar-refractivity contribution is -0.148. The number of esters is 1. The van der Waals surface area contributed by atoms with Crippen LogP contribution in [0.5, 0.6) is 0 Å². The summed E-state index contributed by atoms with van der Waals surface area (Å²) in [6, 6.07) is -0.540. The fourth-order valence-corrected chi connectivity index (χ4v) is 3.53. The van der Waals surface area contributed by atoms with Crippen LogP contribution in [0.25, 0.3) is 0 Å². The molecule has 1 atom stereocenters. The van der Waals surface area contributed by atoms with Crippen LogP contribution in [0.1, 0.15) is 20.3 Å². The second-order valence-corrected chi connectivity index (χ2v) is 7.39. The SMILES string of the molecule is COC(=O)CN(C(=O)CC1CS(=O)(=O)CCN1)C(C)C. The zero-order valence-electron chi connectivity index (χ0n) is 12.1. The molecule has 0 spiro atoms. The van der Waals surface area contributed by atoms with Gasteiger partial charge in [-0.15, -0.1) is 0 Å². The molecule has 1 unspecified atom stereocenters. The van der Waals surface area contributed by atoms with Gasteiger partial charge in [0.15, 0.2) is 9.84 Å². The maximum absolute atomic E-state index is 12.2. The van der Waals surface area contributed by atoms with E-state index >= 15 is 0 Å². The van der Waals surface area contributed by atoms with Crippen molar-refractivity contribution in [2.24, 2.45) is 0 Å². The van der Waals surface area contributed by atoms with Gasteiger partial charge in [0.25, 0.3) is 0 Å². The lowest BCUT2D eigenvalue weighted by Crippen LogP contribution is -2.49. The molecule has 1 amide bonds. The van der Waals surface area contributed by atoms with E-state index in [2.05, 4.69) is 10.1 Å². The lowest BCUT2D eigenvalue weighted by atomic mass is 10.2. The second-order valence-electron chi connectivity index (χ2n) is 5.16. The van der Waals surface area contributed by atoms with E-state index in [1.165, 1.54) is 12.0 Å². The van der Waals surface area contributed by atoms with E-state index in [0.717, 1.165) is 0 Å². The van der Waals surface area contributed by atoms with Crippen molar-refractivity contribution in [2.75, 3.05) is 31.7 Å². The summed E-state index contributed by atoms with van der Waals surface area (Å²) in [6.45, 7) is 3.84. The van der Waals surface area contributed by atoms with Crippen molar-refractivity contribution >= 4 is 21.7 Å². The largest absolute Gasteiger partial charge is 0.468 e. The fourth-order valence-electron chi connectivity index (χ4n) is 2.09. The van der Waals surface area contributed by atoms with Crippen molar-refractivity contribution in [1.29, 1.82) is 0 Å². The van der Waals surface area contributed by atoms with E-state index in [4.69, 9.17) is 0 Å². The number of nitrogens with one attached hydrogen (secondary N) is 1. The summed E-state index contributed by atoms with van der Waals surface area (Å²) in [5.41, 5.74) is 0. The van der Waals surface area contributed by atoms with Crippen LogP contribution in [0.4, 0.5) is 0 Å². The first kappa shape index (κ1) is 16.9. The molecule has 0 saturated carbocycles. The molecule has 116 valence electrons. The summed E-state index contributed by atoms with van der Waals surface area (Å²) in [6.07, 6.45) is 0.0639. The van der Waals surface area contributed by atoms with Crippen LogP contribution in [-0.2, 0) is 24.2 Å². The number of sulfone groups is 1. The molecule has 1 fully saturated rings. The van der Waals surface area contributed by atoms with Gasteiger partial charge in [-0.1, -0.05) is 0 Å². The van der Waals surface area contributed by atoms with Crippen LogP contribution in [0, 0.1) is 0 Å². The number of methoxy groups -OCH3 is 1. The molecule has 0 aromatic heterocycles. The molecular formula is C12H22N2O5S. The van der Waals surface area contributed by atoms with Crippen molar-refractivity contribution in [3.8, 4) is 0 Å². The summed E-state index contributed by atoms with van der Waals surface area (Å²) < 4.78 is 27.6. The highest BCUT2D eigenvalue weighted by Gasteiger charge is 2.29. The number of hydrogen-bond acceptors (Lipinski definition) is 6. The highest BCUT2D eigenvalue weighted by molar-refractivity contribution is 7.91. The summed E-state index contributed by atoms with van der Waals surface area (Å²) in [5, 5.41) is 3.02. The van der Waals surface area contributed by atoms with Gasteiger partial charge in [-0.3, -0.25) is 9.59 Å². The molecular weight excluding hydrogens is 284 g/mol. The molecule has 1 rings (SSSR count). The van der Waals surface area contributed by atoms with Crippen molar-refractivity contribution < 1.29 is 22.7 Å². The molecule has 0 aliphatic carbocycles. The lowest BCUT2D eigenvalue weighted by Gasteiger charge is -2.29. The standard InChI is InChI=1S/C12H22N2O5S/c1-9(2)14(7-12(16)19-3)11(15)6-10-8-20(17,18)5-4-13-10/h9-10,13H,4-8H2,1-3H3. The molecule has 1 heterocycles. The maximum atomic E-state index is 12.2. The van der Waals surface area contributed by atoms with E-state index in [1.54, 1.807) is 13.8 Å². The van der Waals surface area contributed by atoms with Gasteiger partial charge in [-0.2, -0.15) is 0 Å². The average molecular weight is 306 g/mol. The van der Waals surface area contributed by atoms with Crippen LogP contribution >= 0.6 is 0 Å². The first-order chi connectivity index (χ1) is 9.25. The Balaban J connectivity index is 2.64. The Labute approximate surface area is 119 Å². The van der Waals surface area contributed by atoms with Gasteiger partial charge in [0.2, 0.25) is 5.91 Å². The van der Waals surface area contributed by atoms with Gasteiger partial charge < -0.3 is 15.0 Å². The van der Waals surface area contributed by atoms with Gasteiger partial charge >= 0.3 is 5.97 Å². The predicted octanol–water partition coefficient (Wildman–Crippen LogP) is -0.827. The van der Waals surface area contributed by atoms with E-state index in [-0.39, 0.29) is 42.5 Å². The van der Waals surface area contributed by atoms with Gasteiger partial charge in [0.05, 0.1) is 18.6 Å². The molecule has 1 saturated heterocycles. The number of hydrogen-bond donors (Lipinski definition) is 1. The molecule has 8 heteroatoms. The zero-order valence-corrected chi connectivity index (χ0v) is 12.9. The average Bonchev–Trinajstić information content (AvgIpc) is 2.33. The molecule has 7 nitrogen and oxygen atoms in total. The van der Waals surface area contributed by atoms with Crippen LogP contribution in [0.2, 0.25) is 0 Å². The third kappa shape index (κ3) is 5.09. The quantitative estimate of drug-likeness (QED) is 0.667. The molecule has 20 heavy (non-hydrogen) atoms. The molecule has 0 aromatic carbocycles. The summed E-state index contributed by atoms with van der Waals surface area (Å²) in [4.78, 5) is 24.9. The van der Waals surface area contributed by atoms with Crippen molar-refractivity contribution in [1.82, 2.24) is 10.2 Å². The van der Waals surface area contributed by atoms with Gasteiger partial charge in [0, 0.05) is 25.0 Å². The molecule has 0 radical (unpaired) electrons. The first-order valence-electron chi connectivity index (χ1n) is 6.55. The number of nitrogens with zero attached hydrogens (tertiary/aromatic N) is 1. The van der Waals surface area contributed by atoms with Crippen molar-refractivity contribution in [3.05, 3.63) is 0 Å². The molecule has 1 aliphatic rings. The van der Waals surface area contributed by atoms with E-state index in [9.17, 15) is 18.0 Å². The summed E-state index contributed by atoms with van der Waals surface area (Å²) >= 11 is 0. The Morgan fingerprint density at radius 2 is 2.05 bits per heavy atom. The van der Waals surface area contributed by atoms with Crippen molar-refractivity contribution in [2.45, 2.75) is 32.4 Å². The Kier molecular flexibility index (Phi) is 5.94. The Hall–Kier alpha value is -1.15. The van der Waals surface area contributed by atoms with Crippen LogP contribution in [-0.4, -0.2) is 69.0 Å². The maximum Gasteiger partial charge on any atom is 0.325 e. The van der Waals surface area contributed by atoms with Crippen LogP contribution < -0.4 is 5.32 Å². The topological polar surface area (TPSA) is 92.8 Å². The van der Waals surface area contributed by atoms with Gasteiger partial charge in [-0.05, 0) is 13.8 Å². The fraction of sp³-hybridized carbons (Fsp3) is 0.833. The summed E-state index contributed by atoms with van der Waals surface area (Å²) in [7, 11) is -1.81. The smallest absolute Gasteiger partial charge is 0.325 e. The zero-order chi connectivity index (χ0) is 15.3. The Morgan fingerprint density at radius 3 is 2.55 bits per heavy atom. The van der Waals surface area contributed by atoms with Gasteiger partial charge in [0.1, 0.15) is 6.54 Å². The van der Waals surface area contributed by atoms with Crippen LogP contribution in [0.3, 0.4) is 0 Å². The predicted molar refractivity (Wildman–Crippen MR) is 73.9 cm³/mol. The minimum Gasteiger partial charge on any atom is -0.468 e. The third-order valence-corrected chi connectivity index (χ3v) is 4.93. The van der Waals surface area contributed by atoms with Crippen LogP contribution in [0.15, 0.2) is 0 Å². The first-order valence-corrected chi connectivity index (χ1v) is 8.37. The number of ether oxygens (including phenoxy) is 1. The number of rotatable bonds is 5. The van der Waals surface area contributed by atoms with E-state index < -0.39 is 15.8 Å². The minimum absolute atomic E-state index is 0.0388. The molecule has 0 bridgehead atoms. The number of carbonyl (C=O) groups excluding carboxylic acids is 2. The minimum atomic E-state index is -3.08. The van der Waals surface area contributed by atoms with Gasteiger partial charge in [-0.25, -0.2) is 8.42 Å². The summed E-state index contributed by atoms with van der Waals surface area (Å²) in [5.74, 6) is -0.673. The highest BCUT2D eigenvalue weighted by Crippen LogP contribution is 2.09. The number of amides is 1. The molecule has 1 N–H and O–H groups in total. The normalized spacial score (nSPS) is 21.5. The molecule has 1 aliphatic heterocycles. The third-order valence-electron chi connectivity index (χ3n) is 3.19. The van der Waals surface area contributed by atoms with Crippen molar-refractivity contribution in [3.63, 3.8) is 0 Å². The Bertz CT molecular complexity index is 460. The number of carbonyl (C=O) groups is 2. The molecule has 0 aromatic rings.